The smallest absolute Gasteiger partial charge is 0.242 e. The maximum Gasteiger partial charge on any atom is 0.242 e. The van der Waals surface area contributed by atoms with Crippen LogP contribution in [0.4, 0.5) is 0 Å². The first-order chi connectivity index (χ1) is 9.97. The lowest BCUT2D eigenvalue weighted by Gasteiger charge is -2.35. The van der Waals surface area contributed by atoms with Crippen LogP contribution in [-0.2, 0) is 10.3 Å². The second kappa shape index (κ2) is 8.15. The lowest BCUT2D eigenvalue weighted by atomic mass is 9.85. The molecule has 3 N–H and O–H groups in total. The van der Waals surface area contributed by atoms with Crippen LogP contribution in [0, 0.1) is 0 Å². The summed E-state index contributed by atoms with van der Waals surface area (Å²) in [5.41, 5.74) is 5.92. The van der Waals surface area contributed by atoms with Gasteiger partial charge in [0.1, 0.15) is 5.54 Å². The predicted molar refractivity (Wildman–Crippen MR) is 88.0 cm³/mol. The highest BCUT2D eigenvalue weighted by molar-refractivity contribution is 5.86. The first kappa shape index (κ1) is 17.7. The molecule has 0 aliphatic rings. The van der Waals surface area contributed by atoms with Crippen molar-refractivity contribution in [2.24, 2.45) is 5.73 Å². The zero-order chi connectivity index (χ0) is 15.9. The highest BCUT2D eigenvalue weighted by Gasteiger charge is 2.37. The van der Waals surface area contributed by atoms with Crippen molar-refractivity contribution in [1.29, 1.82) is 0 Å². The van der Waals surface area contributed by atoms with Gasteiger partial charge in [-0.2, -0.15) is 0 Å². The molecular weight excluding hydrogens is 262 g/mol. The van der Waals surface area contributed by atoms with E-state index in [9.17, 15) is 4.79 Å². The van der Waals surface area contributed by atoms with Gasteiger partial charge < -0.3 is 10.6 Å². The Labute approximate surface area is 128 Å². The monoisotopic (exact) mass is 291 g/mol. The van der Waals surface area contributed by atoms with E-state index in [1.807, 2.05) is 37.3 Å². The van der Waals surface area contributed by atoms with Crippen molar-refractivity contribution in [2.75, 3.05) is 19.6 Å². The third kappa shape index (κ3) is 4.29. The topological polar surface area (TPSA) is 58.4 Å². The van der Waals surface area contributed by atoms with Gasteiger partial charge in [0, 0.05) is 12.6 Å². The first-order valence-electron chi connectivity index (χ1n) is 7.82. The summed E-state index contributed by atoms with van der Waals surface area (Å²) in [5.74, 6) is -0.310. The number of hydrogen-bond donors (Lipinski definition) is 2. The minimum absolute atomic E-state index is 0.310. The van der Waals surface area contributed by atoms with Crippen LogP contribution in [0.2, 0.25) is 0 Å². The van der Waals surface area contributed by atoms with Gasteiger partial charge in [-0.05, 0) is 38.9 Å². The van der Waals surface area contributed by atoms with Gasteiger partial charge in [0.25, 0.3) is 0 Å². The van der Waals surface area contributed by atoms with Gasteiger partial charge in [-0.25, -0.2) is 0 Å². The molecule has 0 bridgehead atoms. The number of likely N-dealkylation sites (N-methyl/N-ethyl adjacent to an activating group) is 1. The Morgan fingerprint density at radius 2 is 1.90 bits per heavy atom. The molecule has 118 valence electrons. The Morgan fingerprint density at radius 3 is 2.33 bits per heavy atom. The number of nitrogens with two attached hydrogens (primary N) is 1. The maximum atomic E-state index is 12.2. The van der Waals surface area contributed by atoms with Gasteiger partial charge in [0.15, 0.2) is 0 Å². The van der Waals surface area contributed by atoms with E-state index < -0.39 is 5.54 Å². The fraction of sp³-hybridized carbons (Fsp3) is 0.588. The number of amides is 1. The van der Waals surface area contributed by atoms with Crippen molar-refractivity contribution in [2.45, 2.75) is 45.7 Å². The molecule has 0 aliphatic carbocycles. The predicted octanol–water partition coefficient (Wildman–Crippen LogP) is 2.10. The van der Waals surface area contributed by atoms with Gasteiger partial charge in [0.2, 0.25) is 5.91 Å². The summed E-state index contributed by atoms with van der Waals surface area (Å²) in [5, 5.41) is 3.33. The van der Waals surface area contributed by atoms with Crippen molar-refractivity contribution in [1.82, 2.24) is 10.2 Å². The maximum absolute atomic E-state index is 12.2. The molecule has 0 aliphatic heterocycles. The number of carbonyl (C=O) groups excluding carboxylic acids is 1. The largest absolute Gasteiger partial charge is 0.368 e. The number of benzene rings is 1. The molecule has 4 heteroatoms. The van der Waals surface area contributed by atoms with E-state index in [4.69, 9.17) is 5.73 Å². The second-order valence-electron chi connectivity index (χ2n) is 5.64. The third-order valence-corrected chi connectivity index (χ3v) is 4.08. The van der Waals surface area contributed by atoms with Crippen LogP contribution in [0.3, 0.4) is 0 Å². The fourth-order valence-electron chi connectivity index (χ4n) is 2.80. The summed E-state index contributed by atoms with van der Waals surface area (Å²) >= 11 is 0. The zero-order valence-corrected chi connectivity index (χ0v) is 13.7. The van der Waals surface area contributed by atoms with Crippen LogP contribution in [0.1, 0.15) is 39.7 Å². The van der Waals surface area contributed by atoms with Crippen LogP contribution < -0.4 is 11.1 Å². The summed E-state index contributed by atoms with van der Waals surface area (Å²) < 4.78 is 0. The van der Waals surface area contributed by atoms with Crippen molar-refractivity contribution < 1.29 is 4.79 Å². The minimum atomic E-state index is -0.793. The number of hydrogen-bond acceptors (Lipinski definition) is 3. The number of primary amides is 1. The molecular formula is C17H29N3O. The molecule has 0 radical (unpaired) electrons. The fourth-order valence-corrected chi connectivity index (χ4v) is 2.80. The Kier molecular flexibility index (Phi) is 6.85. The Balaban J connectivity index is 3.05. The molecule has 1 aromatic carbocycles. The van der Waals surface area contributed by atoms with Crippen LogP contribution in [-0.4, -0.2) is 36.5 Å². The first-order valence-corrected chi connectivity index (χ1v) is 7.82. The van der Waals surface area contributed by atoms with E-state index in [1.54, 1.807) is 0 Å². The third-order valence-electron chi connectivity index (χ3n) is 4.08. The lowest BCUT2D eigenvalue weighted by molar-refractivity contribution is -0.125. The summed E-state index contributed by atoms with van der Waals surface area (Å²) in [6.45, 7) is 11.0. The standard InChI is InChI=1S/C17H29N3O/c1-5-19-17(16(18)21,15-10-8-7-9-11-15)12-13-20(6-2)14(3)4/h7-11,14,19H,5-6,12-13H2,1-4H3,(H2,18,21). The molecule has 1 unspecified atom stereocenters. The quantitative estimate of drug-likeness (QED) is 0.732. The normalized spacial score (nSPS) is 14.4. The van der Waals surface area contributed by atoms with Crippen molar-refractivity contribution in [3.8, 4) is 0 Å². The molecule has 1 aromatic rings. The van der Waals surface area contributed by atoms with Crippen molar-refractivity contribution in [3.63, 3.8) is 0 Å². The average Bonchev–Trinajstić information content (AvgIpc) is 2.47. The van der Waals surface area contributed by atoms with Crippen LogP contribution >= 0.6 is 0 Å². The molecule has 21 heavy (non-hydrogen) atoms. The van der Waals surface area contributed by atoms with Gasteiger partial charge in [-0.15, -0.1) is 0 Å². The molecule has 1 atom stereocenters. The molecule has 0 saturated carbocycles. The Bertz CT molecular complexity index is 433. The van der Waals surface area contributed by atoms with Gasteiger partial charge >= 0.3 is 0 Å². The average molecular weight is 291 g/mol. The highest BCUT2D eigenvalue weighted by atomic mass is 16.1. The van der Waals surface area contributed by atoms with Crippen molar-refractivity contribution >= 4 is 5.91 Å². The number of rotatable bonds is 9. The van der Waals surface area contributed by atoms with Gasteiger partial charge in [-0.1, -0.05) is 44.2 Å². The van der Waals surface area contributed by atoms with Crippen LogP contribution in [0.15, 0.2) is 30.3 Å². The zero-order valence-electron chi connectivity index (χ0n) is 13.7. The molecule has 0 saturated heterocycles. The number of nitrogens with zero attached hydrogens (tertiary/aromatic N) is 1. The summed E-state index contributed by atoms with van der Waals surface area (Å²) in [6, 6.07) is 10.2. The van der Waals surface area contributed by atoms with Gasteiger partial charge in [0.05, 0.1) is 0 Å². The Morgan fingerprint density at radius 1 is 1.29 bits per heavy atom. The molecule has 0 aromatic heterocycles. The van der Waals surface area contributed by atoms with Crippen molar-refractivity contribution in [3.05, 3.63) is 35.9 Å². The van der Waals surface area contributed by atoms with E-state index in [0.717, 1.165) is 18.7 Å². The summed E-state index contributed by atoms with van der Waals surface area (Å²) in [7, 11) is 0. The van der Waals surface area contributed by atoms with E-state index in [2.05, 4.69) is 31.0 Å². The SMILES string of the molecule is CCNC(CCN(CC)C(C)C)(C(N)=O)c1ccccc1. The number of nitrogens with one attached hydrogen (secondary N) is 1. The van der Waals surface area contributed by atoms with E-state index >= 15 is 0 Å². The molecule has 1 amide bonds. The van der Waals surface area contributed by atoms with Crippen LogP contribution in [0.25, 0.3) is 0 Å². The number of carbonyl (C=O) groups is 1. The minimum Gasteiger partial charge on any atom is -0.368 e. The summed E-state index contributed by atoms with van der Waals surface area (Å²) in [6.07, 6.45) is 0.673. The summed E-state index contributed by atoms with van der Waals surface area (Å²) in [4.78, 5) is 14.6. The van der Waals surface area contributed by atoms with Crippen LogP contribution in [0.5, 0.6) is 0 Å². The molecule has 0 spiro atoms. The van der Waals surface area contributed by atoms with Gasteiger partial charge in [-0.3, -0.25) is 10.1 Å². The second-order valence-corrected chi connectivity index (χ2v) is 5.64. The highest BCUT2D eigenvalue weighted by Crippen LogP contribution is 2.25. The Hall–Kier alpha value is -1.39. The molecule has 0 fully saturated rings. The van der Waals surface area contributed by atoms with E-state index in [0.29, 0.717) is 19.0 Å². The molecule has 4 nitrogen and oxygen atoms in total. The van der Waals surface area contributed by atoms with E-state index in [1.165, 1.54) is 0 Å². The molecule has 0 heterocycles. The lowest BCUT2D eigenvalue weighted by Crippen LogP contribution is -2.54. The van der Waals surface area contributed by atoms with E-state index in [-0.39, 0.29) is 5.91 Å². The molecule has 1 rings (SSSR count).